The van der Waals surface area contributed by atoms with Crippen LogP contribution in [0.2, 0.25) is 0 Å². The fourth-order valence-electron chi connectivity index (χ4n) is 2.02. The molecule has 1 N–H and O–H groups in total. The molecule has 2 aromatic heterocycles. The number of hydrogen-bond acceptors (Lipinski definition) is 5. The van der Waals surface area contributed by atoms with Gasteiger partial charge in [-0.1, -0.05) is 17.2 Å². The fraction of sp³-hybridized carbons (Fsp3) is 0.214. The number of tetrazole rings is 1. The van der Waals surface area contributed by atoms with Gasteiger partial charge in [0.15, 0.2) is 0 Å². The molecule has 6 nitrogen and oxygen atoms in total. The van der Waals surface area contributed by atoms with Crippen molar-refractivity contribution in [1.82, 2.24) is 20.2 Å². The van der Waals surface area contributed by atoms with Gasteiger partial charge >= 0.3 is 6.18 Å². The summed E-state index contributed by atoms with van der Waals surface area (Å²) in [5.41, 5.74) is -0.345. The van der Waals surface area contributed by atoms with Crippen molar-refractivity contribution < 1.29 is 17.6 Å². The lowest BCUT2D eigenvalue weighted by molar-refractivity contribution is -0.137. The predicted octanol–water partition coefficient (Wildman–Crippen LogP) is 3.10. The summed E-state index contributed by atoms with van der Waals surface area (Å²) in [7, 11) is 1.68. The van der Waals surface area contributed by atoms with Crippen LogP contribution in [0.1, 0.15) is 11.3 Å². The fourth-order valence-corrected chi connectivity index (χ4v) is 2.02. The number of aryl methyl sites for hydroxylation is 1. The zero-order valence-electron chi connectivity index (χ0n) is 12.0. The van der Waals surface area contributed by atoms with E-state index < -0.39 is 11.7 Å². The zero-order valence-corrected chi connectivity index (χ0v) is 12.0. The van der Waals surface area contributed by atoms with Gasteiger partial charge in [-0.3, -0.25) is 0 Å². The van der Waals surface area contributed by atoms with E-state index >= 15 is 0 Å². The summed E-state index contributed by atoms with van der Waals surface area (Å²) < 4.78 is 45.3. The molecule has 0 saturated carbocycles. The van der Waals surface area contributed by atoms with Crippen LogP contribution < -0.4 is 5.32 Å². The van der Waals surface area contributed by atoms with Crippen LogP contribution in [0.15, 0.2) is 40.8 Å². The van der Waals surface area contributed by atoms with Crippen molar-refractivity contribution in [2.45, 2.75) is 12.7 Å². The maximum Gasteiger partial charge on any atom is 0.416 e. The van der Waals surface area contributed by atoms with E-state index in [1.807, 2.05) is 0 Å². The van der Waals surface area contributed by atoms with E-state index in [4.69, 9.17) is 4.42 Å². The normalized spacial score (nSPS) is 11.7. The van der Waals surface area contributed by atoms with Crippen molar-refractivity contribution in [2.75, 3.05) is 5.32 Å². The molecule has 23 heavy (non-hydrogen) atoms. The average Bonchev–Trinajstić information content (AvgIpc) is 3.13. The van der Waals surface area contributed by atoms with Crippen LogP contribution in [0.3, 0.4) is 0 Å². The summed E-state index contributed by atoms with van der Waals surface area (Å²) in [6, 6.07) is 8.31. The first-order valence-electron chi connectivity index (χ1n) is 6.66. The molecule has 0 amide bonds. The van der Waals surface area contributed by atoms with Crippen LogP contribution in [0.25, 0.3) is 11.3 Å². The number of halogens is 3. The van der Waals surface area contributed by atoms with Gasteiger partial charge < -0.3 is 9.73 Å². The number of anilines is 1. The van der Waals surface area contributed by atoms with Gasteiger partial charge in [0, 0.05) is 12.6 Å². The molecule has 0 fully saturated rings. The number of rotatable bonds is 4. The molecule has 3 aromatic rings. The number of furan rings is 1. The Morgan fingerprint density at radius 2 is 2.04 bits per heavy atom. The maximum atomic E-state index is 12.7. The summed E-state index contributed by atoms with van der Waals surface area (Å²) in [5.74, 6) is 1.38. The van der Waals surface area contributed by atoms with Gasteiger partial charge in [-0.25, -0.2) is 4.68 Å². The number of alkyl halides is 3. The summed E-state index contributed by atoms with van der Waals surface area (Å²) in [4.78, 5) is 0. The summed E-state index contributed by atoms with van der Waals surface area (Å²) in [6.07, 6.45) is -4.38. The quantitative estimate of drug-likeness (QED) is 0.799. The Bertz CT molecular complexity index is 809. The van der Waals surface area contributed by atoms with Crippen molar-refractivity contribution in [2.24, 2.45) is 7.05 Å². The monoisotopic (exact) mass is 323 g/mol. The largest absolute Gasteiger partial charge is 0.459 e. The first kappa shape index (κ1) is 15.1. The van der Waals surface area contributed by atoms with Crippen LogP contribution in [-0.2, 0) is 19.8 Å². The van der Waals surface area contributed by atoms with Crippen molar-refractivity contribution in [3.8, 4) is 11.3 Å². The molecule has 0 bridgehead atoms. The molecule has 0 saturated heterocycles. The second kappa shape index (κ2) is 5.75. The van der Waals surface area contributed by atoms with Gasteiger partial charge in [0.1, 0.15) is 11.5 Å². The number of aromatic nitrogens is 4. The lowest BCUT2D eigenvalue weighted by atomic mass is 10.1. The molecule has 3 rings (SSSR count). The summed E-state index contributed by atoms with van der Waals surface area (Å²) in [6.45, 7) is 0.313. The molecule has 0 aliphatic rings. The van der Waals surface area contributed by atoms with Gasteiger partial charge in [-0.2, -0.15) is 13.2 Å². The molecule has 0 spiro atoms. The topological polar surface area (TPSA) is 68.8 Å². The van der Waals surface area contributed by atoms with Crippen molar-refractivity contribution >= 4 is 5.95 Å². The third-order valence-corrected chi connectivity index (χ3v) is 3.18. The van der Waals surface area contributed by atoms with Crippen LogP contribution in [0, 0.1) is 0 Å². The molecule has 1 aromatic carbocycles. The lowest BCUT2D eigenvalue weighted by Crippen LogP contribution is -2.05. The van der Waals surface area contributed by atoms with Crippen molar-refractivity contribution in [3.63, 3.8) is 0 Å². The van der Waals surface area contributed by atoms with Gasteiger partial charge in [0.05, 0.1) is 12.1 Å². The molecular weight excluding hydrogens is 311 g/mol. The van der Waals surface area contributed by atoms with Crippen LogP contribution >= 0.6 is 0 Å². The molecule has 2 heterocycles. The van der Waals surface area contributed by atoms with E-state index in [9.17, 15) is 13.2 Å². The molecule has 9 heteroatoms. The first-order valence-corrected chi connectivity index (χ1v) is 6.66. The van der Waals surface area contributed by atoms with E-state index in [0.717, 1.165) is 12.1 Å². The van der Waals surface area contributed by atoms with E-state index in [0.29, 0.717) is 29.6 Å². The number of nitrogens with zero attached hydrogens (tertiary/aromatic N) is 4. The van der Waals surface area contributed by atoms with Crippen molar-refractivity contribution in [1.29, 1.82) is 0 Å². The second-order valence-electron chi connectivity index (χ2n) is 4.82. The van der Waals surface area contributed by atoms with E-state index in [1.54, 1.807) is 25.2 Å². The lowest BCUT2D eigenvalue weighted by Gasteiger charge is -2.07. The molecule has 120 valence electrons. The second-order valence-corrected chi connectivity index (χ2v) is 4.82. The van der Waals surface area contributed by atoms with Crippen molar-refractivity contribution in [3.05, 3.63) is 47.7 Å². The SMILES string of the molecule is Cn1nnnc1NCc1ccc(-c2cccc(C(F)(F)F)c2)o1. The highest BCUT2D eigenvalue weighted by Gasteiger charge is 2.30. The molecule has 0 aliphatic carbocycles. The molecule has 0 radical (unpaired) electrons. The molecule has 0 aliphatic heterocycles. The van der Waals surface area contributed by atoms with Crippen LogP contribution in [0.4, 0.5) is 19.1 Å². The minimum atomic E-state index is -4.38. The Labute approximate surface area is 128 Å². The smallest absolute Gasteiger partial charge is 0.416 e. The average molecular weight is 323 g/mol. The third-order valence-electron chi connectivity index (χ3n) is 3.18. The molecular formula is C14H12F3N5O. The Kier molecular flexibility index (Phi) is 3.77. The Hall–Kier alpha value is -2.84. The van der Waals surface area contributed by atoms with Crippen LogP contribution in [-0.4, -0.2) is 20.2 Å². The standard InChI is InChI=1S/C14H12F3N5O/c1-22-13(19-20-21-22)18-8-11-5-6-12(23-11)9-3-2-4-10(7-9)14(15,16)17/h2-7H,8H2,1H3,(H,18,19,21). The van der Waals surface area contributed by atoms with Crippen LogP contribution in [0.5, 0.6) is 0 Å². The third kappa shape index (κ3) is 3.33. The Morgan fingerprint density at radius 1 is 1.22 bits per heavy atom. The van der Waals surface area contributed by atoms with Gasteiger partial charge in [-0.15, -0.1) is 0 Å². The van der Waals surface area contributed by atoms with Gasteiger partial charge in [0.2, 0.25) is 5.95 Å². The van der Waals surface area contributed by atoms with Gasteiger partial charge in [0.25, 0.3) is 0 Å². The van der Waals surface area contributed by atoms with Gasteiger partial charge in [-0.05, 0) is 34.7 Å². The molecule has 0 atom stereocenters. The summed E-state index contributed by atoms with van der Waals surface area (Å²) >= 11 is 0. The number of nitrogens with one attached hydrogen (secondary N) is 1. The van der Waals surface area contributed by atoms with E-state index in [2.05, 4.69) is 20.8 Å². The van der Waals surface area contributed by atoms with E-state index in [-0.39, 0.29) is 0 Å². The predicted molar refractivity (Wildman–Crippen MR) is 75.3 cm³/mol. The number of benzene rings is 1. The minimum Gasteiger partial charge on any atom is -0.459 e. The minimum absolute atomic E-state index is 0.313. The highest BCUT2D eigenvalue weighted by Crippen LogP contribution is 2.32. The van der Waals surface area contributed by atoms with E-state index in [1.165, 1.54) is 10.7 Å². The molecule has 0 unspecified atom stereocenters. The Morgan fingerprint density at radius 3 is 2.74 bits per heavy atom. The number of hydrogen-bond donors (Lipinski definition) is 1. The highest BCUT2D eigenvalue weighted by atomic mass is 19.4. The highest BCUT2D eigenvalue weighted by molar-refractivity contribution is 5.59. The zero-order chi connectivity index (χ0) is 16.4. The first-order chi connectivity index (χ1) is 10.9. The maximum absolute atomic E-state index is 12.7. The summed E-state index contributed by atoms with van der Waals surface area (Å²) in [5, 5.41) is 13.9. The Balaban J connectivity index is 1.75.